The highest BCUT2D eigenvalue weighted by atomic mass is 19.1. The molecule has 1 aromatic rings. The van der Waals surface area contributed by atoms with Crippen molar-refractivity contribution in [1.82, 2.24) is 0 Å². The second-order valence-corrected chi connectivity index (χ2v) is 4.96. The summed E-state index contributed by atoms with van der Waals surface area (Å²) in [6, 6.07) is 2.17. The van der Waals surface area contributed by atoms with Crippen molar-refractivity contribution in [2.45, 2.75) is 26.8 Å². The Labute approximate surface area is 99.0 Å². The van der Waals surface area contributed by atoms with Gasteiger partial charge in [0.15, 0.2) is 0 Å². The zero-order valence-electron chi connectivity index (χ0n) is 10.1. The van der Waals surface area contributed by atoms with E-state index in [4.69, 9.17) is 5.73 Å². The summed E-state index contributed by atoms with van der Waals surface area (Å²) in [7, 11) is 0. The van der Waals surface area contributed by atoms with Crippen molar-refractivity contribution in [1.29, 1.82) is 0 Å². The third-order valence-electron chi connectivity index (χ3n) is 2.40. The zero-order chi connectivity index (χ0) is 13.2. The van der Waals surface area contributed by atoms with Gasteiger partial charge in [-0.05, 0) is 17.5 Å². The number of halogens is 2. The average Bonchev–Trinajstić information content (AvgIpc) is 2.19. The average molecular weight is 242 g/mol. The van der Waals surface area contributed by atoms with E-state index in [1.807, 2.05) is 0 Å². The second-order valence-electron chi connectivity index (χ2n) is 4.96. The lowest BCUT2D eigenvalue weighted by Crippen LogP contribution is -2.45. The first-order valence-corrected chi connectivity index (χ1v) is 5.23. The predicted octanol–water partition coefficient (Wildman–Crippen LogP) is 2.28. The van der Waals surface area contributed by atoms with Gasteiger partial charge < -0.3 is 11.1 Å². The molecule has 1 atom stereocenters. The Morgan fingerprint density at radius 1 is 1.35 bits per heavy atom. The summed E-state index contributed by atoms with van der Waals surface area (Å²) >= 11 is 0. The van der Waals surface area contributed by atoms with Gasteiger partial charge in [-0.15, -0.1) is 0 Å². The Morgan fingerprint density at radius 2 is 1.94 bits per heavy atom. The largest absolute Gasteiger partial charge is 0.322 e. The number of hydrogen-bond donors (Lipinski definition) is 2. The number of rotatable bonds is 2. The van der Waals surface area contributed by atoms with Crippen LogP contribution in [-0.4, -0.2) is 11.9 Å². The number of carbonyl (C=O) groups is 1. The molecule has 0 aliphatic carbocycles. The Morgan fingerprint density at radius 3 is 2.41 bits per heavy atom. The molecule has 0 heterocycles. The van der Waals surface area contributed by atoms with E-state index < -0.39 is 29.0 Å². The van der Waals surface area contributed by atoms with Gasteiger partial charge in [0.25, 0.3) is 0 Å². The minimum Gasteiger partial charge on any atom is -0.322 e. The minimum atomic E-state index is -0.820. The maximum atomic E-state index is 13.3. The van der Waals surface area contributed by atoms with Crippen molar-refractivity contribution >= 4 is 11.6 Å². The van der Waals surface area contributed by atoms with Gasteiger partial charge in [-0.25, -0.2) is 8.78 Å². The number of nitrogens with two attached hydrogens (primary N) is 1. The van der Waals surface area contributed by atoms with Gasteiger partial charge >= 0.3 is 0 Å². The van der Waals surface area contributed by atoms with Crippen LogP contribution in [-0.2, 0) is 4.79 Å². The second kappa shape index (κ2) is 4.79. The maximum absolute atomic E-state index is 13.3. The van der Waals surface area contributed by atoms with Crippen molar-refractivity contribution in [3.8, 4) is 0 Å². The highest BCUT2D eigenvalue weighted by Crippen LogP contribution is 2.20. The lowest BCUT2D eigenvalue weighted by Gasteiger charge is -2.25. The fourth-order valence-corrected chi connectivity index (χ4v) is 1.19. The number of carbonyl (C=O) groups excluding carboxylic acids is 1. The molecule has 0 aliphatic heterocycles. The molecule has 0 bridgehead atoms. The van der Waals surface area contributed by atoms with E-state index in [9.17, 15) is 13.6 Å². The number of hydrogen-bond acceptors (Lipinski definition) is 2. The van der Waals surface area contributed by atoms with Crippen molar-refractivity contribution in [3.05, 3.63) is 29.8 Å². The summed E-state index contributed by atoms with van der Waals surface area (Å²) in [5.74, 6) is -2.01. The molecule has 1 unspecified atom stereocenters. The topological polar surface area (TPSA) is 55.1 Å². The quantitative estimate of drug-likeness (QED) is 0.835. The Kier molecular flexibility index (Phi) is 3.83. The lowest BCUT2D eigenvalue weighted by molar-refractivity contribution is -0.119. The third kappa shape index (κ3) is 3.49. The smallest absolute Gasteiger partial charge is 0.241 e. The minimum absolute atomic E-state index is 0.0731. The van der Waals surface area contributed by atoms with Crippen LogP contribution in [0.4, 0.5) is 14.5 Å². The Bertz CT molecular complexity index is 427. The Balaban J connectivity index is 2.82. The molecule has 0 spiro atoms. The maximum Gasteiger partial charge on any atom is 0.241 e. The van der Waals surface area contributed by atoms with Crippen LogP contribution in [0.1, 0.15) is 20.8 Å². The van der Waals surface area contributed by atoms with Crippen LogP contribution in [0.2, 0.25) is 0 Å². The molecule has 17 heavy (non-hydrogen) atoms. The molecule has 1 rings (SSSR count). The van der Waals surface area contributed by atoms with Crippen LogP contribution >= 0.6 is 0 Å². The van der Waals surface area contributed by atoms with Gasteiger partial charge in [0, 0.05) is 6.07 Å². The first kappa shape index (κ1) is 13.6. The first-order chi connectivity index (χ1) is 7.71. The zero-order valence-corrected chi connectivity index (χ0v) is 10.1. The summed E-state index contributed by atoms with van der Waals surface area (Å²) < 4.78 is 25.9. The molecular weight excluding hydrogens is 226 g/mol. The molecule has 5 heteroatoms. The monoisotopic (exact) mass is 242 g/mol. The number of benzene rings is 1. The predicted molar refractivity (Wildman–Crippen MR) is 62.4 cm³/mol. The van der Waals surface area contributed by atoms with E-state index in [1.54, 1.807) is 20.8 Å². The van der Waals surface area contributed by atoms with Gasteiger partial charge in [-0.1, -0.05) is 20.8 Å². The lowest BCUT2D eigenvalue weighted by atomic mass is 9.87. The summed E-state index contributed by atoms with van der Waals surface area (Å²) in [6.45, 7) is 5.41. The van der Waals surface area contributed by atoms with Crippen LogP contribution in [0.3, 0.4) is 0 Å². The summed E-state index contributed by atoms with van der Waals surface area (Å²) in [5.41, 5.74) is 5.21. The summed E-state index contributed by atoms with van der Waals surface area (Å²) in [4.78, 5) is 11.7. The third-order valence-corrected chi connectivity index (χ3v) is 2.40. The van der Waals surface area contributed by atoms with E-state index in [-0.39, 0.29) is 5.69 Å². The van der Waals surface area contributed by atoms with E-state index in [1.165, 1.54) is 0 Å². The van der Waals surface area contributed by atoms with Gasteiger partial charge in [0.2, 0.25) is 5.91 Å². The molecule has 3 nitrogen and oxygen atoms in total. The standard InChI is InChI=1S/C12H16F2N2O/c1-12(2,3)10(15)11(17)16-9-5-4-7(13)6-8(9)14/h4-6,10H,15H2,1-3H3,(H,16,17). The number of anilines is 1. The fraction of sp³-hybridized carbons (Fsp3) is 0.417. The molecule has 0 aliphatic rings. The van der Waals surface area contributed by atoms with Crippen LogP contribution in [0.5, 0.6) is 0 Å². The molecule has 1 aromatic carbocycles. The first-order valence-electron chi connectivity index (χ1n) is 5.23. The highest BCUT2D eigenvalue weighted by Gasteiger charge is 2.27. The van der Waals surface area contributed by atoms with Crippen LogP contribution in [0, 0.1) is 17.0 Å². The molecule has 0 saturated carbocycles. The van der Waals surface area contributed by atoms with Crippen molar-refractivity contribution < 1.29 is 13.6 Å². The van der Waals surface area contributed by atoms with Crippen molar-refractivity contribution in [3.63, 3.8) is 0 Å². The molecule has 0 fully saturated rings. The SMILES string of the molecule is CC(C)(C)C(N)C(=O)Nc1ccc(F)cc1F. The van der Waals surface area contributed by atoms with E-state index in [0.717, 1.165) is 12.1 Å². The fourth-order valence-electron chi connectivity index (χ4n) is 1.19. The summed E-state index contributed by atoms with van der Waals surface area (Å²) in [6.07, 6.45) is 0. The summed E-state index contributed by atoms with van der Waals surface area (Å²) in [5, 5.41) is 2.34. The van der Waals surface area contributed by atoms with Crippen molar-refractivity contribution in [2.75, 3.05) is 5.32 Å². The van der Waals surface area contributed by atoms with Crippen molar-refractivity contribution in [2.24, 2.45) is 11.1 Å². The highest BCUT2D eigenvalue weighted by molar-refractivity contribution is 5.95. The van der Waals surface area contributed by atoms with Crippen LogP contribution in [0.25, 0.3) is 0 Å². The molecular formula is C12H16F2N2O. The van der Waals surface area contributed by atoms with E-state index in [0.29, 0.717) is 6.07 Å². The molecule has 1 amide bonds. The van der Waals surface area contributed by atoms with E-state index in [2.05, 4.69) is 5.32 Å². The van der Waals surface area contributed by atoms with Gasteiger partial charge in [0.05, 0.1) is 11.7 Å². The van der Waals surface area contributed by atoms with Gasteiger partial charge in [-0.2, -0.15) is 0 Å². The molecule has 0 radical (unpaired) electrons. The molecule has 0 saturated heterocycles. The molecule has 94 valence electrons. The normalized spacial score (nSPS) is 13.3. The molecule has 3 N–H and O–H groups in total. The number of nitrogens with one attached hydrogen (secondary N) is 1. The van der Waals surface area contributed by atoms with E-state index >= 15 is 0 Å². The van der Waals surface area contributed by atoms with Gasteiger partial charge in [-0.3, -0.25) is 4.79 Å². The van der Waals surface area contributed by atoms with Crippen LogP contribution < -0.4 is 11.1 Å². The molecule has 0 aromatic heterocycles. The Hall–Kier alpha value is -1.49. The van der Waals surface area contributed by atoms with Gasteiger partial charge in [0.1, 0.15) is 11.6 Å². The number of amides is 1. The van der Waals surface area contributed by atoms with Crippen LogP contribution in [0.15, 0.2) is 18.2 Å².